The van der Waals surface area contributed by atoms with Gasteiger partial charge in [-0.25, -0.2) is 0 Å². The maximum Gasteiger partial charge on any atom is 0.124 e. The lowest BCUT2D eigenvalue weighted by molar-refractivity contribution is 0.301. The molecule has 0 bridgehead atoms. The molecule has 0 atom stereocenters. The highest BCUT2D eigenvalue weighted by atomic mass is 79.9. The first-order chi connectivity index (χ1) is 12.2. The van der Waals surface area contributed by atoms with Crippen molar-refractivity contribution in [3.8, 4) is 5.75 Å². The molecule has 0 heterocycles. The zero-order chi connectivity index (χ0) is 17.5. The van der Waals surface area contributed by atoms with Gasteiger partial charge in [-0.05, 0) is 48.7 Å². The molecule has 0 spiro atoms. The molecule has 0 aromatic heterocycles. The van der Waals surface area contributed by atoms with Crippen LogP contribution in [0.15, 0.2) is 46.9 Å². The third-order valence-electron chi connectivity index (χ3n) is 4.77. The molecule has 26 heavy (non-hydrogen) atoms. The third kappa shape index (κ3) is 6.77. The van der Waals surface area contributed by atoms with Gasteiger partial charge in [0.25, 0.3) is 0 Å². The van der Waals surface area contributed by atoms with Crippen LogP contribution < -0.4 is 10.1 Å². The van der Waals surface area contributed by atoms with E-state index in [4.69, 9.17) is 16.3 Å². The van der Waals surface area contributed by atoms with Crippen LogP contribution in [0.2, 0.25) is 5.02 Å². The summed E-state index contributed by atoms with van der Waals surface area (Å²) in [5.74, 6) is 0.944. The SMILES string of the molecule is Cl.Clc1ccc(COc2ccc(Br)cc2CNC2CCCCCC2)cc1. The summed E-state index contributed by atoms with van der Waals surface area (Å²) >= 11 is 9.52. The molecule has 2 nitrogen and oxygen atoms in total. The van der Waals surface area contributed by atoms with Gasteiger partial charge in [0, 0.05) is 27.6 Å². The molecule has 0 radical (unpaired) electrons. The average Bonchev–Trinajstić information content (AvgIpc) is 2.89. The number of hydrogen-bond acceptors (Lipinski definition) is 2. The van der Waals surface area contributed by atoms with Crippen molar-refractivity contribution in [2.45, 2.75) is 57.7 Å². The van der Waals surface area contributed by atoms with Crippen molar-refractivity contribution in [2.75, 3.05) is 0 Å². The zero-order valence-corrected chi connectivity index (χ0v) is 18.0. The van der Waals surface area contributed by atoms with Crippen LogP contribution in [-0.2, 0) is 13.2 Å². The molecule has 0 amide bonds. The van der Waals surface area contributed by atoms with Gasteiger partial charge >= 0.3 is 0 Å². The van der Waals surface area contributed by atoms with Crippen molar-refractivity contribution < 1.29 is 4.74 Å². The molecule has 2 aromatic rings. The van der Waals surface area contributed by atoms with Gasteiger partial charge in [-0.3, -0.25) is 0 Å². The maximum atomic E-state index is 6.08. The van der Waals surface area contributed by atoms with E-state index in [2.05, 4.69) is 27.3 Å². The normalized spacial score (nSPS) is 15.2. The first-order valence-corrected chi connectivity index (χ1v) is 10.3. The van der Waals surface area contributed by atoms with E-state index in [1.165, 1.54) is 44.1 Å². The fourth-order valence-corrected chi connectivity index (χ4v) is 3.84. The lowest BCUT2D eigenvalue weighted by atomic mass is 10.1. The monoisotopic (exact) mass is 457 g/mol. The van der Waals surface area contributed by atoms with Crippen molar-refractivity contribution in [1.82, 2.24) is 5.32 Å². The van der Waals surface area contributed by atoms with Gasteiger partial charge in [-0.1, -0.05) is 65.3 Å². The van der Waals surface area contributed by atoms with E-state index in [-0.39, 0.29) is 12.4 Å². The first kappa shape index (κ1) is 21.6. The Labute approximate surface area is 176 Å². The number of ether oxygens (including phenoxy) is 1. The molecule has 1 saturated carbocycles. The van der Waals surface area contributed by atoms with Gasteiger partial charge in [0.15, 0.2) is 0 Å². The maximum absolute atomic E-state index is 6.08. The van der Waals surface area contributed by atoms with Gasteiger partial charge in [0.05, 0.1) is 0 Å². The summed E-state index contributed by atoms with van der Waals surface area (Å²) in [6.45, 7) is 1.40. The topological polar surface area (TPSA) is 21.3 Å². The Morgan fingerprint density at radius 1 is 1.00 bits per heavy atom. The van der Waals surface area contributed by atoms with Crippen molar-refractivity contribution in [3.63, 3.8) is 0 Å². The highest BCUT2D eigenvalue weighted by Gasteiger charge is 2.13. The molecule has 1 aliphatic carbocycles. The number of hydrogen-bond donors (Lipinski definition) is 1. The minimum atomic E-state index is 0. The molecule has 3 rings (SSSR count). The Bertz CT molecular complexity index is 670. The highest BCUT2D eigenvalue weighted by molar-refractivity contribution is 9.10. The van der Waals surface area contributed by atoms with Crippen molar-refractivity contribution in [2.24, 2.45) is 0 Å². The van der Waals surface area contributed by atoms with Gasteiger partial charge in [-0.2, -0.15) is 0 Å². The van der Waals surface area contributed by atoms with Crippen LogP contribution in [0.3, 0.4) is 0 Å². The first-order valence-electron chi connectivity index (χ1n) is 9.10. The Kier molecular flexibility index (Phi) is 9.27. The molecule has 142 valence electrons. The summed E-state index contributed by atoms with van der Waals surface area (Å²) in [5.41, 5.74) is 2.32. The minimum Gasteiger partial charge on any atom is -0.489 e. The van der Waals surface area contributed by atoms with Crippen LogP contribution in [0, 0.1) is 0 Å². The number of rotatable bonds is 6. The molecular weight excluding hydrogens is 433 g/mol. The number of nitrogens with one attached hydrogen (secondary N) is 1. The third-order valence-corrected chi connectivity index (χ3v) is 5.51. The van der Waals surface area contributed by atoms with Crippen LogP contribution in [-0.4, -0.2) is 6.04 Å². The molecule has 0 saturated heterocycles. The molecule has 1 aliphatic rings. The molecular formula is C21H26BrCl2NO. The fourth-order valence-electron chi connectivity index (χ4n) is 3.31. The van der Waals surface area contributed by atoms with Crippen molar-refractivity contribution in [3.05, 3.63) is 63.1 Å². The Morgan fingerprint density at radius 3 is 2.38 bits per heavy atom. The smallest absolute Gasteiger partial charge is 0.124 e. The van der Waals surface area contributed by atoms with Crippen LogP contribution >= 0.6 is 39.9 Å². The molecule has 0 aliphatic heterocycles. The summed E-state index contributed by atoms with van der Waals surface area (Å²) in [6.07, 6.45) is 8.02. The molecule has 1 N–H and O–H groups in total. The molecule has 5 heteroatoms. The van der Waals surface area contributed by atoms with Crippen LogP contribution in [0.5, 0.6) is 5.75 Å². The molecule has 1 fully saturated rings. The second-order valence-corrected chi connectivity index (χ2v) is 8.09. The predicted molar refractivity (Wildman–Crippen MR) is 116 cm³/mol. The van der Waals surface area contributed by atoms with Crippen molar-refractivity contribution >= 4 is 39.9 Å². The summed E-state index contributed by atoms with van der Waals surface area (Å²) in [7, 11) is 0. The average molecular weight is 459 g/mol. The predicted octanol–water partition coefficient (Wildman–Crippen LogP) is 6.92. The fraction of sp³-hybridized carbons (Fsp3) is 0.429. The van der Waals surface area contributed by atoms with E-state index in [0.29, 0.717) is 12.6 Å². The summed E-state index contributed by atoms with van der Waals surface area (Å²) in [5, 5.41) is 4.48. The van der Waals surface area contributed by atoms with Gasteiger partial charge < -0.3 is 10.1 Å². The minimum absolute atomic E-state index is 0. The lowest BCUT2D eigenvalue weighted by Crippen LogP contribution is -2.28. The Balaban J connectivity index is 0.00000243. The van der Waals surface area contributed by atoms with E-state index >= 15 is 0 Å². The molecule has 2 aromatic carbocycles. The highest BCUT2D eigenvalue weighted by Crippen LogP contribution is 2.25. The lowest BCUT2D eigenvalue weighted by Gasteiger charge is -2.18. The van der Waals surface area contributed by atoms with Gasteiger partial charge in [0.2, 0.25) is 0 Å². The van der Waals surface area contributed by atoms with E-state index in [1.54, 1.807) is 0 Å². The standard InChI is InChI=1S/C21H25BrClNO.ClH/c22-18-9-12-21(25-15-16-7-10-19(23)11-8-16)17(13-18)14-24-20-5-3-1-2-4-6-20;/h7-13,20,24H,1-6,14-15H2;1H. The molecule has 0 unspecified atom stereocenters. The van der Waals surface area contributed by atoms with E-state index in [1.807, 2.05) is 36.4 Å². The largest absolute Gasteiger partial charge is 0.489 e. The van der Waals surface area contributed by atoms with E-state index < -0.39 is 0 Å². The van der Waals surface area contributed by atoms with Gasteiger partial charge in [0.1, 0.15) is 12.4 Å². The number of benzene rings is 2. The summed E-state index contributed by atoms with van der Waals surface area (Å²) in [4.78, 5) is 0. The van der Waals surface area contributed by atoms with E-state index in [0.717, 1.165) is 27.4 Å². The van der Waals surface area contributed by atoms with Crippen LogP contribution in [0.25, 0.3) is 0 Å². The Morgan fingerprint density at radius 2 is 1.69 bits per heavy atom. The summed E-state index contributed by atoms with van der Waals surface area (Å²) < 4.78 is 7.17. The van der Waals surface area contributed by atoms with Gasteiger partial charge in [-0.15, -0.1) is 12.4 Å². The Hall–Kier alpha value is -0.740. The van der Waals surface area contributed by atoms with Crippen molar-refractivity contribution in [1.29, 1.82) is 0 Å². The van der Waals surface area contributed by atoms with Crippen LogP contribution in [0.1, 0.15) is 49.7 Å². The zero-order valence-electron chi connectivity index (χ0n) is 14.8. The number of halogens is 3. The summed E-state index contributed by atoms with van der Waals surface area (Å²) in [6, 6.07) is 14.7. The van der Waals surface area contributed by atoms with Crippen LogP contribution in [0.4, 0.5) is 0 Å². The second kappa shape index (κ2) is 11.2. The van der Waals surface area contributed by atoms with E-state index in [9.17, 15) is 0 Å². The quantitative estimate of drug-likeness (QED) is 0.474. The second-order valence-electron chi connectivity index (χ2n) is 6.74.